The number of carbonyl (C=O) groups excluding carboxylic acids is 1. The summed E-state index contributed by atoms with van der Waals surface area (Å²) in [4.78, 5) is 16.8. The molecule has 0 radical (unpaired) electrons. The topological polar surface area (TPSA) is 59.6 Å². The lowest BCUT2D eigenvalue weighted by Crippen LogP contribution is -2.32. The Balaban J connectivity index is 1.68. The molecule has 3 rings (SSSR count). The summed E-state index contributed by atoms with van der Waals surface area (Å²) in [5.74, 6) is 0.00846. The van der Waals surface area contributed by atoms with Crippen molar-refractivity contribution in [1.82, 2.24) is 9.80 Å². The number of hydrogen-bond donors (Lipinski definition) is 3. The number of fused-ring (bicyclic) bond motifs is 1. The monoisotopic (exact) mass is 353 g/mol. The third kappa shape index (κ3) is 4.08. The van der Waals surface area contributed by atoms with E-state index in [-0.39, 0.29) is 5.91 Å². The zero-order valence-electron chi connectivity index (χ0n) is 15.7. The third-order valence-corrected chi connectivity index (χ3v) is 4.65. The van der Waals surface area contributed by atoms with Crippen molar-refractivity contribution in [2.45, 2.75) is 6.54 Å². The number of amides is 1. The molecule has 2 aromatic carbocycles. The van der Waals surface area contributed by atoms with Gasteiger partial charge in [0.05, 0.1) is 18.0 Å². The second-order valence-corrected chi connectivity index (χ2v) is 6.67. The molecule has 0 aliphatic carbocycles. The number of anilines is 3. The second-order valence-electron chi connectivity index (χ2n) is 6.67. The van der Waals surface area contributed by atoms with Gasteiger partial charge in [-0.2, -0.15) is 0 Å². The lowest BCUT2D eigenvalue weighted by molar-refractivity contribution is 0.0805. The predicted molar refractivity (Wildman–Crippen MR) is 108 cm³/mol. The second kappa shape index (κ2) is 8.10. The van der Waals surface area contributed by atoms with Gasteiger partial charge in [-0.25, -0.2) is 0 Å². The van der Waals surface area contributed by atoms with Crippen LogP contribution in [0.4, 0.5) is 17.1 Å². The molecule has 26 heavy (non-hydrogen) atoms. The zero-order chi connectivity index (χ0) is 18.5. The summed E-state index contributed by atoms with van der Waals surface area (Å²) in [7, 11) is 5.80. The largest absolute Gasteiger partial charge is 0.386 e. The Bertz CT molecular complexity index is 777. The number of carbonyl (C=O) groups is 1. The molecule has 6 heteroatoms. The van der Waals surface area contributed by atoms with E-state index in [0.717, 1.165) is 42.3 Å². The summed E-state index contributed by atoms with van der Waals surface area (Å²) in [6.45, 7) is 3.20. The van der Waals surface area contributed by atoms with Gasteiger partial charge in [0.15, 0.2) is 0 Å². The Hall–Kier alpha value is -2.73. The minimum Gasteiger partial charge on any atom is -0.386 e. The van der Waals surface area contributed by atoms with Gasteiger partial charge in [0.25, 0.3) is 5.91 Å². The van der Waals surface area contributed by atoms with Crippen molar-refractivity contribution in [3.8, 4) is 0 Å². The van der Waals surface area contributed by atoms with Crippen molar-refractivity contribution in [3.63, 3.8) is 0 Å². The molecule has 0 unspecified atom stereocenters. The van der Waals surface area contributed by atoms with Crippen LogP contribution in [0.3, 0.4) is 0 Å². The van der Waals surface area contributed by atoms with E-state index in [2.05, 4.69) is 27.9 Å². The molecular formula is C20H27N5O. The van der Waals surface area contributed by atoms with Crippen molar-refractivity contribution < 1.29 is 4.79 Å². The first-order valence-corrected chi connectivity index (χ1v) is 8.90. The molecule has 1 aliphatic rings. The highest BCUT2D eigenvalue weighted by molar-refractivity contribution is 5.95. The molecule has 0 atom stereocenters. The predicted octanol–water partition coefficient (Wildman–Crippen LogP) is 2.73. The van der Waals surface area contributed by atoms with Gasteiger partial charge in [-0.1, -0.05) is 12.1 Å². The summed E-state index contributed by atoms with van der Waals surface area (Å²) in [5, 5.41) is 9.89. The van der Waals surface area contributed by atoms with Gasteiger partial charge in [0, 0.05) is 45.0 Å². The first kappa shape index (κ1) is 18.1. The van der Waals surface area contributed by atoms with E-state index in [1.165, 1.54) is 0 Å². The van der Waals surface area contributed by atoms with E-state index >= 15 is 0 Å². The Morgan fingerprint density at radius 2 is 2.00 bits per heavy atom. The highest BCUT2D eigenvalue weighted by Crippen LogP contribution is 2.23. The molecule has 2 aromatic rings. The summed E-state index contributed by atoms with van der Waals surface area (Å²) in [6, 6.07) is 13.9. The first-order chi connectivity index (χ1) is 12.6. The first-order valence-electron chi connectivity index (χ1n) is 8.90. The fourth-order valence-electron chi connectivity index (χ4n) is 3.13. The minimum absolute atomic E-state index is 0.00846. The summed E-state index contributed by atoms with van der Waals surface area (Å²) in [6.07, 6.45) is 0. The molecular weight excluding hydrogens is 326 g/mol. The van der Waals surface area contributed by atoms with Gasteiger partial charge in [0.2, 0.25) is 0 Å². The minimum atomic E-state index is 0.00846. The molecule has 138 valence electrons. The van der Waals surface area contributed by atoms with Gasteiger partial charge in [0.1, 0.15) is 0 Å². The van der Waals surface area contributed by atoms with Gasteiger partial charge in [-0.05, 0) is 42.9 Å². The van der Waals surface area contributed by atoms with Gasteiger partial charge in [-0.15, -0.1) is 0 Å². The van der Waals surface area contributed by atoms with Crippen LogP contribution >= 0.6 is 0 Å². The van der Waals surface area contributed by atoms with Crippen LogP contribution in [0, 0.1) is 0 Å². The Labute approximate surface area is 155 Å². The lowest BCUT2D eigenvalue weighted by atomic mass is 10.1. The van der Waals surface area contributed by atoms with Crippen LogP contribution < -0.4 is 16.0 Å². The van der Waals surface area contributed by atoms with Crippen LogP contribution in [-0.4, -0.2) is 56.6 Å². The lowest BCUT2D eigenvalue weighted by Gasteiger charge is -2.21. The summed E-state index contributed by atoms with van der Waals surface area (Å²) >= 11 is 0. The van der Waals surface area contributed by atoms with E-state index in [4.69, 9.17) is 0 Å². The number of nitrogens with one attached hydrogen (secondary N) is 3. The summed E-state index contributed by atoms with van der Waals surface area (Å²) in [5.41, 5.74) is 4.98. The molecule has 0 fully saturated rings. The number of benzene rings is 2. The molecule has 0 spiro atoms. The van der Waals surface area contributed by atoms with Crippen LogP contribution in [0.15, 0.2) is 42.5 Å². The average molecular weight is 353 g/mol. The maximum Gasteiger partial charge on any atom is 0.255 e. The maximum absolute atomic E-state index is 12.8. The van der Waals surface area contributed by atoms with E-state index in [9.17, 15) is 4.79 Å². The van der Waals surface area contributed by atoms with Crippen molar-refractivity contribution in [1.29, 1.82) is 0 Å². The van der Waals surface area contributed by atoms with Gasteiger partial charge >= 0.3 is 0 Å². The number of para-hydroxylation sites is 2. The van der Waals surface area contributed by atoms with Crippen LogP contribution in [0.2, 0.25) is 0 Å². The highest BCUT2D eigenvalue weighted by atomic mass is 16.2. The number of hydrogen-bond acceptors (Lipinski definition) is 5. The summed E-state index contributed by atoms with van der Waals surface area (Å²) < 4.78 is 0. The van der Waals surface area contributed by atoms with Crippen molar-refractivity contribution in [2.24, 2.45) is 0 Å². The third-order valence-electron chi connectivity index (χ3n) is 4.65. The van der Waals surface area contributed by atoms with Gasteiger partial charge in [-0.3, -0.25) is 4.79 Å². The highest BCUT2D eigenvalue weighted by Gasteiger charge is 2.16. The quantitative estimate of drug-likeness (QED) is 0.722. The fraction of sp³-hybridized carbons (Fsp3) is 0.350. The zero-order valence-corrected chi connectivity index (χ0v) is 15.7. The van der Waals surface area contributed by atoms with Crippen LogP contribution in [0.1, 0.15) is 15.9 Å². The van der Waals surface area contributed by atoms with Crippen LogP contribution in [-0.2, 0) is 6.54 Å². The standard InChI is InChI=1S/C20H27N5O/c1-21-18-6-4-5-7-19(18)23-14-25(3)20(26)15-8-9-17-16(12-15)13-24(2)11-10-22-17/h4-9,12,21-23H,10-11,13-14H2,1-3H3. The average Bonchev–Trinajstić information content (AvgIpc) is 2.85. The molecule has 0 bridgehead atoms. The molecule has 0 saturated carbocycles. The smallest absolute Gasteiger partial charge is 0.255 e. The van der Waals surface area contributed by atoms with E-state index in [0.29, 0.717) is 12.2 Å². The molecule has 1 aliphatic heterocycles. The molecule has 0 aromatic heterocycles. The molecule has 3 N–H and O–H groups in total. The Kier molecular flexibility index (Phi) is 5.63. The van der Waals surface area contributed by atoms with Crippen molar-refractivity contribution in [2.75, 3.05) is 56.9 Å². The normalized spacial score (nSPS) is 14.0. The van der Waals surface area contributed by atoms with Crippen LogP contribution in [0.25, 0.3) is 0 Å². The van der Waals surface area contributed by atoms with E-state index < -0.39 is 0 Å². The number of nitrogens with zero attached hydrogens (tertiary/aromatic N) is 2. The Morgan fingerprint density at radius 3 is 2.77 bits per heavy atom. The van der Waals surface area contributed by atoms with E-state index in [1.54, 1.807) is 4.90 Å². The van der Waals surface area contributed by atoms with Crippen molar-refractivity contribution >= 4 is 23.0 Å². The number of rotatable bonds is 5. The fourth-order valence-corrected chi connectivity index (χ4v) is 3.13. The SMILES string of the molecule is CNc1ccccc1NCN(C)C(=O)c1ccc2c(c1)CN(C)CCN2. The molecule has 1 heterocycles. The van der Waals surface area contributed by atoms with Crippen molar-refractivity contribution in [3.05, 3.63) is 53.6 Å². The molecule has 1 amide bonds. The number of likely N-dealkylation sites (N-methyl/N-ethyl adjacent to an activating group) is 1. The Morgan fingerprint density at radius 1 is 1.23 bits per heavy atom. The maximum atomic E-state index is 12.8. The molecule has 0 saturated heterocycles. The van der Waals surface area contributed by atoms with Crippen LogP contribution in [0.5, 0.6) is 0 Å². The van der Waals surface area contributed by atoms with Gasteiger partial charge < -0.3 is 25.8 Å². The molecule has 6 nitrogen and oxygen atoms in total. The van der Waals surface area contributed by atoms with E-state index in [1.807, 2.05) is 56.6 Å².